The number of anilines is 1. The Morgan fingerprint density at radius 3 is 2.21 bits per heavy atom. The monoisotopic (exact) mass is 475 g/mol. The van der Waals surface area contributed by atoms with Crippen LogP contribution in [0, 0.1) is 0 Å². The number of carboxylic acid groups (broad SMARTS) is 1. The SMILES string of the molecule is O=C(CSc1cccc(NC(=O)c2cccc3cccc(C(=O)O)c23)c1)c1ccccc1Cl. The summed E-state index contributed by atoms with van der Waals surface area (Å²) in [6, 6.07) is 24.0. The van der Waals surface area contributed by atoms with Crippen LogP contribution < -0.4 is 5.32 Å². The maximum Gasteiger partial charge on any atom is 0.336 e. The molecular formula is C26H18ClNO4S. The van der Waals surface area contributed by atoms with Crippen LogP contribution in [-0.2, 0) is 0 Å². The van der Waals surface area contributed by atoms with Crippen molar-refractivity contribution in [1.82, 2.24) is 0 Å². The second-order valence-corrected chi connectivity index (χ2v) is 8.64. The minimum absolute atomic E-state index is 0.0700. The number of ketones is 1. The Morgan fingerprint density at radius 1 is 0.818 bits per heavy atom. The normalized spacial score (nSPS) is 10.7. The van der Waals surface area contributed by atoms with Gasteiger partial charge in [-0.15, -0.1) is 11.8 Å². The molecule has 7 heteroatoms. The van der Waals surface area contributed by atoms with Gasteiger partial charge in [0.05, 0.1) is 16.3 Å². The number of carboxylic acids is 1. The first-order valence-corrected chi connectivity index (χ1v) is 11.4. The number of amides is 1. The maximum atomic E-state index is 13.0. The molecule has 0 unspecified atom stereocenters. The average molecular weight is 476 g/mol. The number of carbonyl (C=O) groups excluding carboxylic acids is 2. The number of rotatable bonds is 7. The molecule has 0 aromatic heterocycles. The molecule has 0 aliphatic carbocycles. The van der Waals surface area contributed by atoms with E-state index in [4.69, 9.17) is 11.6 Å². The summed E-state index contributed by atoms with van der Waals surface area (Å²) in [6.07, 6.45) is 0. The summed E-state index contributed by atoms with van der Waals surface area (Å²) in [5.41, 5.74) is 1.36. The number of halogens is 1. The highest BCUT2D eigenvalue weighted by Crippen LogP contribution is 2.27. The van der Waals surface area contributed by atoms with Gasteiger partial charge in [-0.3, -0.25) is 9.59 Å². The number of hydrogen-bond acceptors (Lipinski definition) is 4. The van der Waals surface area contributed by atoms with E-state index in [1.807, 2.05) is 6.07 Å². The molecule has 0 aliphatic heterocycles. The van der Waals surface area contributed by atoms with E-state index in [0.717, 1.165) is 4.90 Å². The first kappa shape index (κ1) is 22.6. The zero-order valence-corrected chi connectivity index (χ0v) is 18.8. The lowest BCUT2D eigenvalue weighted by Crippen LogP contribution is -2.13. The van der Waals surface area contributed by atoms with E-state index in [2.05, 4.69) is 5.32 Å². The Kier molecular flexibility index (Phi) is 6.77. The molecule has 4 aromatic carbocycles. The quantitative estimate of drug-likeness (QED) is 0.238. The molecule has 1 amide bonds. The van der Waals surface area contributed by atoms with Gasteiger partial charge in [0, 0.05) is 27.1 Å². The first-order chi connectivity index (χ1) is 15.9. The van der Waals surface area contributed by atoms with Gasteiger partial charge in [0.25, 0.3) is 5.91 Å². The van der Waals surface area contributed by atoms with Crippen LogP contribution >= 0.6 is 23.4 Å². The lowest BCUT2D eigenvalue weighted by Gasteiger charge is -2.11. The van der Waals surface area contributed by atoms with Crippen molar-refractivity contribution in [3.8, 4) is 0 Å². The number of aromatic carboxylic acids is 1. The second kappa shape index (κ2) is 9.90. The maximum absolute atomic E-state index is 13.0. The van der Waals surface area contributed by atoms with Gasteiger partial charge >= 0.3 is 5.97 Å². The lowest BCUT2D eigenvalue weighted by molar-refractivity contribution is 0.0698. The average Bonchev–Trinajstić information content (AvgIpc) is 2.82. The molecule has 4 aromatic rings. The smallest absolute Gasteiger partial charge is 0.336 e. The van der Waals surface area contributed by atoms with Gasteiger partial charge < -0.3 is 10.4 Å². The van der Waals surface area contributed by atoms with Gasteiger partial charge in [0.15, 0.2) is 5.78 Å². The number of nitrogens with one attached hydrogen (secondary N) is 1. The van der Waals surface area contributed by atoms with Crippen LogP contribution in [0.25, 0.3) is 10.8 Å². The van der Waals surface area contributed by atoms with E-state index in [9.17, 15) is 19.5 Å². The summed E-state index contributed by atoms with van der Waals surface area (Å²) in [5.74, 6) is -1.39. The lowest BCUT2D eigenvalue weighted by atomic mass is 9.98. The fraction of sp³-hybridized carbons (Fsp3) is 0.0385. The molecule has 0 fully saturated rings. The summed E-state index contributed by atoms with van der Waals surface area (Å²) >= 11 is 7.44. The third kappa shape index (κ3) is 5.08. The van der Waals surface area contributed by atoms with Crippen molar-refractivity contribution < 1.29 is 19.5 Å². The van der Waals surface area contributed by atoms with Gasteiger partial charge in [-0.2, -0.15) is 0 Å². The molecule has 0 bridgehead atoms. The molecule has 164 valence electrons. The van der Waals surface area contributed by atoms with Gasteiger partial charge in [0.1, 0.15) is 0 Å². The third-order valence-corrected chi connectivity index (χ3v) is 6.34. The summed E-state index contributed by atoms with van der Waals surface area (Å²) in [4.78, 5) is 38.0. The largest absolute Gasteiger partial charge is 0.478 e. The number of carbonyl (C=O) groups is 3. The minimum atomic E-state index is -1.09. The zero-order chi connectivity index (χ0) is 23.4. The molecule has 0 saturated carbocycles. The van der Waals surface area contributed by atoms with Crippen LogP contribution in [0.2, 0.25) is 5.02 Å². The topological polar surface area (TPSA) is 83.5 Å². The van der Waals surface area contributed by atoms with E-state index >= 15 is 0 Å². The molecule has 0 spiro atoms. The standard InChI is InChI=1S/C26H18ClNO4S/c27-22-13-2-1-10-19(22)23(29)15-33-18-9-5-8-17(14-18)28-25(30)20-11-3-6-16-7-4-12-21(24(16)20)26(31)32/h1-14H,15H2,(H,28,30)(H,31,32). The van der Waals surface area contributed by atoms with Gasteiger partial charge in [-0.25, -0.2) is 4.79 Å². The third-order valence-electron chi connectivity index (χ3n) is 5.02. The van der Waals surface area contributed by atoms with Crippen molar-refractivity contribution in [2.24, 2.45) is 0 Å². The Morgan fingerprint density at radius 2 is 1.48 bits per heavy atom. The van der Waals surface area contributed by atoms with Crippen LogP contribution in [0.1, 0.15) is 31.1 Å². The summed E-state index contributed by atoms with van der Waals surface area (Å²) in [6.45, 7) is 0. The van der Waals surface area contributed by atoms with Crippen molar-refractivity contribution in [3.05, 3.63) is 107 Å². The van der Waals surface area contributed by atoms with Crippen molar-refractivity contribution in [1.29, 1.82) is 0 Å². The predicted octanol–water partition coefficient (Wildman–Crippen LogP) is 6.42. The molecule has 0 saturated heterocycles. The number of Topliss-reactive ketones (excluding diaryl/α,β-unsaturated/α-hetero) is 1. The molecule has 0 radical (unpaired) electrons. The second-order valence-electron chi connectivity index (χ2n) is 7.19. The van der Waals surface area contributed by atoms with Gasteiger partial charge in [-0.05, 0) is 47.9 Å². The Labute approximate surface area is 199 Å². The Hall–Kier alpha value is -3.61. The minimum Gasteiger partial charge on any atom is -0.478 e. The Balaban J connectivity index is 1.52. The highest BCUT2D eigenvalue weighted by Gasteiger charge is 2.17. The van der Waals surface area contributed by atoms with Gasteiger partial charge in [0.2, 0.25) is 0 Å². The van der Waals surface area contributed by atoms with E-state index in [0.29, 0.717) is 27.0 Å². The first-order valence-electron chi connectivity index (χ1n) is 10.0. The van der Waals surface area contributed by atoms with Crippen molar-refractivity contribution >= 4 is 57.5 Å². The Bertz CT molecular complexity index is 1380. The van der Waals surface area contributed by atoms with Crippen LogP contribution in [-0.4, -0.2) is 28.5 Å². The summed E-state index contributed by atoms with van der Waals surface area (Å²) in [7, 11) is 0. The highest BCUT2D eigenvalue weighted by molar-refractivity contribution is 8.00. The fourth-order valence-electron chi connectivity index (χ4n) is 3.48. The van der Waals surface area contributed by atoms with E-state index in [1.165, 1.54) is 17.8 Å². The molecule has 0 heterocycles. The highest BCUT2D eigenvalue weighted by atomic mass is 35.5. The van der Waals surface area contributed by atoms with Crippen LogP contribution in [0.3, 0.4) is 0 Å². The zero-order valence-electron chi connectivity index (χ0n) is 17.2. The van der Waals surface area contributed by atoms with Crippen LogP contribution in [0.5, 0.6) is 0 Å². The van der Waals surface area contributed by atoms with Crippen LogP contribution in [0.4, 0.5) is 5.69 Å². The number of benzene rings is 4. The number of thioether (sulfide) groups is 1. The molecule has 2 N–H and O–H groups in total. The van der Waals surface area contributed by atoms with E-state index in [-0.39, 0.29) is 22.7 Å². The summed E-state index contributed by atoms with van der Waals surface area (Å²) in [5, 5.41) is 13.9. The fourth-order valence-corrected chi connectivity index (χ4v) is 4.56. The van der Waals surface area contributed by atoms with E-state index in [1.54, 1.807) is 72.8 Å². The van der Waals surface area contributed by atoms with Gasteiger partial charge in [-0.1, -0.05) is 54.1 Å². The van der Waals surface area contributed by atoms with Crippen LogP contribution in [0.15, 0.2) is 89.8 Å². The van der Waals surface area contributed by atoms with Crippen molar-refractivity contribution in [3.63, 3.8) is 0 Å². The molecule has 0 atom stereocenters. The molecule has 4 rings (SSSR count). The van der Waals surface area contributed by atoms with Crippen molar-refractivity contribution in [2.45, 2.75) is 4.90 Å². The molecule has 5 nitrogen and oxygen atoms in total. The summed E-state index contributed by atoms with van der Waals surface area (Å²) < 4.78 is 0. The van der Waals surface area contributed by atoms with Crippen molar-refractivity contribution in [2.75, 3.05) is 11.1 Å². The predicted molar refractivity (Wildman–Crippen MR) is 132 cm³/mol. The number of fused-ring (bicyclic) bond motifs is 1. The number of hydrogen-bond donors (Lipinski definition) is 2. The molecule has 33 heavy (non-hydrogen) atoms. The molecular weight excluding hydrogens is 458 g/mol. The molecule has 0 aliphatic rings. The van der Waals surface area contributed by atoms with E-state index < -0.39 is 11.9 Å².